The Balaban J connectivity index is 2.47. The van der Waals surface area contributed by atoms with Gasteiger partial charge in [-0.3, -0.25) is 0 Å². The first-order chi connectivity index (χ1) is 8.49. The second-order valence-corrected chi connectivity index (χ2v) is 5.91. The third kappa shape index (κ3) is 2.82. The topological polar surface area (TPSA) is 26.0 Å². The van der Waals surface area contributed by atoms with Crippen molar-refractivity contribution in [3.8, 4) is 0 Å². The predicted octanol–water partition coefficient (Wildman–Crippen LogP) is 4.71. The fourth-order valence-electron chi connectivity index (χ4n) is 1.91. The van der Waals surface area contributed by atoms with Gasteiger partial charge in [-0.25, -0.2) is 4.39 Å². The molecular weight excluding hydrogens is 361 g/mol. The number of hydrogen-bond donors (Lipinski definition) is 1. The molecule has 1 atom stereocenters. The fourth-order valence-corrected chi connectivity index (χ4v) is 2.78. The SMILES string of the molecule is Cc1cc(F)ccc1C(N)c1cc(Br)ccc1Br. The number of aryl methyl sites for hydroxylation is 1. The lowest BCUT2D eigenvalue weighted by molar-refractivity contribution is 0.624. The van der Waals surface area contributed by atoms with Gasteiger partial charge in [-0.05, 0) is 53.9 Å². The van der Waals surface area contributed by atoms with Crippen LogP contribution in [0.2, 0.25) is 0 Å². The van der Waals surface area contributed by atoms with Gasteiger partial charge in [0.15, 0.2) is 0 Å². The molecule has 0 aromatic heterocycles. The van der Waals surface area contributed by atoms with Gasteiger partial charge >= 0.3 is 0 Å². The van der Waals surface area contributed by atoms with Crippen LogP contribution in [0.1, 0.15) is 22.7 Å². The highest BCUT2D eigenvalue weighted by Crippen LogP contribution is 2.31. The van der Waals surface area contributed by atoms with E-state index in [9.17, 15) is 4.39 Å². The zero-order valence-electron chi connectivity index (χ0n) is 9.75. The molecule has 94 valence electrons. The van der Waals surface area contributed by atoms with Crippen LogP contribution in [0.5, 0.6) is 0 Å². The molecule has 0 amide bonds. The summed E-state index contributed by atoms with van der Waals surface area (Å²) in [4.78, 5) is 0. The van der Waals surface area contributed by atoms with E-state index >= 15 is 0 Å². The van der Waals surface area contributed by atoms with Crippen LogP contribution in [-0.2, 0) is 0 Å². The smallest absolute Gasteiger partial charge is 0.123 e. The van der Waals surface area contributed by atoms with Crippen LogP contribution in [-0.4, -0.2) is 0 Å². The van der Waals surface area contributed by atoms with E-state index in [0.29, 0.717) is 0 Å². The molecular formula is C14H12Br2FN. The van der Waals surface area contributed by atoms with Gasteiger partial charge in [0.05, 0.1) is 6.04 Å². The van der Waals surface area contributed by atoms with Gasteiger partial charge in [-0.1, -0.05) is 37.9 Å². The first kappa shape index (κ1) is 13.7. The van der Waals surface area contributed by atoms with Gasteiger partial charge in [0.2, 0.25) is 0 Å². The van der Waals surface area contributed by atoms with Crippen molar-refractivity contribution in [2.45, 2.75) is 13.0 Å². The van der Waals surface area contributed by atoms with Gasteiger partial charge in [-0.2, -0.15) is 0 Å². The summed E-state index contributed by atoms with van der Waals surface area (Å²) in [5, 5.41) is 0. The van der Waals surface area contributed by atoms with Crippen molar-refractivity contribution in [1.82, 2.24) is 0 Å². The third-order valence-corrected chi connectivity index (χ3v) is 4.08. The Kier molecular flexibility index (Phi) is 4.20. The van der Waals surface area contributed by atoms with Crippen LogP contribution < -0.4 is 5.73 Å². The van der Waals surface area contributed by atoms with Crippen LogP contribution in [0.4, 0.5) is 4.39 Å². The van der Waals surface area contributed by atoms with Gasteiger partial charge in [-0.15, -0.1) is 0 Å². The molecule has 4 heteroatoms. The zero-order chi connectivity index (χ0) is 13.3. The third-order valence-electron chi connectivity index (χ3n) is 2.86. The second kappa shape index (κ2) is 5.51. The summed E-state index contributed by atoms with van der Waals surface area (Å²) < 4.78 is 15.0. The molecule has 2 aromatic carbocycles. The Morgan fingerprint density at radius 3 is 2.44 bits per heavy atom. The average molecular weight is 373 g/mol. The standard InChI is InChI=1S/C14H12Br2FN/c1-8-6-10(17)3-4-11(8)14(18)12-7-9(15)2-5-13(12)16/h2-7,14H,18H2,1H3. The fraction of sp³-hybridized carbons (Fsp3) is 0.143. The minimum Gasteiger partial charge on any atom is -0.320 e. The van der Waals surface area contributed by atoms with E-state index in [1.807, 2.05) is 25.1 Å². The summed E-state index contributed by atoms with van der Waals surface area (Å²) in [6, 6.07) is 10.3. The van der Waals surface area contributed by atoms with Crippen LogP contribution >= 0.6 is 31.9 Å². The van der Waals surface area contributed by atoms with Gasteiger partial charge < -0.3 is 5.73 Å². The van der Waals surface area contributed by atoms with E-state index in [2.05, 4.69) is 31.9 Å². The van der Waals surface area contributed by atoms with Crippen molar-refractivity contribution in [2.24, 2.45) is 5.73 Å². The molecule has 2 aromatic rings. The molecule has 0 bridgehead atoms. The molecule has 0 saturated carbocycles. The van der Waals surface area contributed by atoms with Crippen LogP contribution in [0, 0.1) is 12.7 Å². The van der Waals surface area contributed by atoms with E-state index in [-0.39, 0.29) is 11.9 Å². The van der Waals surface area contributed by atoms with Crippen LogP contribution in [0.3, 0.4) is 0 Å². The lowest BCUT2D eigenvalue weighted by atomic mass is 9.96. The van der Waals surface area contributed by atoms with Crippen molar-refractivity contribution in [1.29, 1.82) is 0 Å². The maximum absolute atomic E-state index is 13.1. The number of benzene rings is 2. The van der Waals surface area contributed by atoms with Gasteiger partial charge in [0, 0.05) is 8.95 Å². The molecule has 0 aliphatic rings. The summed E-state index contributed by atoms with van der Waals surface area (Å²) in [6.07, 6.45) is 0. The largest absolute Gasteiger partial charge is 0.320 e. The minimum absolute atomic E-state index is 0.239. The van der Waals surface area contributed by atoms with Gasteiger partial charge in [0.1, 0.15) is 5.82 Å². The maximum atomic E-state index is 13.1. The lowest BCUT2D eigenvalue weighted by Crippen LogP contribution is -2.14. The average Bonchev–Trinajstić information content (AvgIpc) is 2.31. The molecule has 2 N–H and O–H groups in total. The van der Waals surface area contributed by atoms with Crippen LogP contribution in [0.15, 0.2) is 45.3 Å². The maximum Gasteiger partial charge on any atom is 0.123 e. The number of nitrogens with two attached hydrogens (primary N) is 1. The highest BCUT2D eigenvalue weighted by atomic mass is 79.9. The Hall–Kier alpha value is -0.710. The second-order valence-electron chi connectivity index (χ2n) is 4.14. The van der Waals surface area contributed by atoms with Crippen LogP contribution in [0.25, 0.3) is 0 Å². The highest BCUT2D eigenvalue weighted by Gasteiger charge is 2.15. The molecule has 0 aliphatic carbocycles. The zero-order valence-corrected chi connectivity index (χ0v) is 12.9. The van der Waals surface area contributed by atoms with E-state index < -0.39 is 0 Å². The van der Waals surface area contributed by atoms with Crippen molar-refractivity contribution in [3.63, 3.8) is 0 Å². The molecule has 2 rings (SSSR count). The molecule has 0 spiro atoms. The molecule has 0 radical (unpaired) electrons. The highest BCUT2D eigenvalue weighted by molar-refractivity contribution is 9.11. The first-order valence-corrected chi connectivity index (χ1v) is 7.04. The summed E-state index contributed by atoms with van der Waals surface area (Å²) in [7, 11) is 0. The van der Waals surface area contributed by atoms with Crippen molar-refractivity contribution in [2.75, 3.05) is 0 Å². The van der Waals surface area contributed by atoms with Crippen molar-refractivity contribution >= 4 is 31.9 Å². The number of hydrogen-bond acceptors (Lipinski definition) is 1. The monoisotopic (exact) mass is 371 g/mol. The summed E-state index contributed by atoms with van der Waals surface area (Å²) in [6.45, 7) is 1.87. The molecule has 0 saturated heterocycles. The quantitative estimate of drug-likeness (QED) is 0.811. The van der Waals surface area contributed by atoms with E-state index in [1.165, 1.54) is 12.1 Å². The predicted molar refractivity (Wildman–Crippen MR) is 79.0 cm³/mol. The molecule has 0 heterocycles. The van der Waals surface area contributed by atoms with E-state index in [0.717, 1.165) is 25.6 Å². The molecule has 0 fully saturated rings. The molecule has 1 unspecified atom stereocenters. The molecule has 0 aliphatic heterocycles. The first-order valence-electron chi connectivity index (χ1n) is 5.45. The lowest BCUT2D eigenvalue weighted by Gasteiger charge is -2.17. The summed E-state index contributed by atoms with van der Waals surface area (Å²) >= 11 is 6.92. The minimum atomic E-state index is -0.280. The normalized spacial score (nSPS) is 12.5. The Labute approximate surface area is 122 Å². The summed E-state index contributed by atoms with van der Waals surface area (Å²) in [5.74, 6) is -0.239. The molecule has 18 heavy (non-hydrogen) atoms. The van der Waals surface area contributed by atoms with Gasteiger partial charge in [0.25, 0.3) is 0 Å². The van der Waals surface area contributed by atoms with Crippen molar-refractivity contribution in [3.05, 3.63) is 67.9 Å². The summed E-state index contributed by atoms with van der Waals surface area (Å²) in [5.41, 5.74) is 9.02. The van der Waals surface area contributed by atoms with E-state index in [4.69, 9.17) is 5.73 Å². The Morgan fingerprint density at radius 2 is 1.78 bits per heavy atom. The molecule has 1 nitrogen and oxygen atoms in total. The number of rotatable bonds is 2. The Bertz CT molecular complexity index is 584. The van der Waals surface area contributed by atoms with Crippen molar-refractivity contribution < 1.29 is 4.39 Å². The Morgan fingerprint density at radius 1 is 1.06 bits per heavy atom. The van der Waals surface area contributed by atoms with E-state index in [1.54, 1.807) is 6.07 Å². The number of halogens is 3.